The molecule has 1 amide bonds. The monoisotopic (exact) mass is 377 g/mol. The number of hydrogen-bond acceptors (Lipinski definition) is 6. The number of likely N-dealkylation sites (tertiary alicyclic amines) is 1. The third-order valence-corrected chi connectivity index (χ3v) is 3.53. The molecule has 1 fully saturated rings. The second kappa shape index (κ2) is 8.25. The Hall–Kier alpha value is -1.50. The van der Waals surface area contributed by atoms with Crippen LogP contribution in [0.1, 0.15) is 54.4 Å². The van der Waals surface area contributed by atoms with Gasteiger partial charge in [0.2, 0.25) is 0 Å². The van der Waals surface area contributed by atoms with E-state index >= 15 is 0 Å². The number of carbonyl (C=O) groups is 3. The van der Waals surface area contributed by atoms with Crippen molar-refractivity contribution in [2.75, 3.05) is 12.6 Å². The number of hydrogen-bond donors (Lipinski definition) is 0. The van der Waals surface area contributed by atoms with Crippen LogP contribution in [0.25, 0.3) is 0 Å². The van der Waals surface area contributed by atoms with Crippen molar-refractivity contribution in [3.8, 4) is 0 Å². The predicted octanol–water partition coefficient (Wildman–Crippen LogP) is 3.08. The van der Waals surface area contributed by atoms with Crippen molar-refractivity contribution >= 4 is 29.6 Å². The third kappa shape index (κ3) is 7.10. The lowest BCUT2D eigenvalue weighted by atomic mass is 9.93. The highest BCUT2D eigenvalue weighted by Gasteiger charge is 2.42. The first kappa shape index (κ1) is 21.5. The first-order valence-electron chi connectivity index (χ1n) is 8.29. The number of piperidine rings is 1. The molecule has 2 atom stereocenters. The lowest BCUT2D eigenvalue weighted by molar-refractivity contribution is -0.165. The van der Waals surface area contributed by atoms with Gasteiger partial charge in [0.25, 0.3) is 0 Å². The van der Waals surface area contributed by atoms with Crippen molar-refractivity contribution in [1.29, 1.82) is 0 Å². The number of halogens is 1. The van der Waals surface area contributed by atoms with Crippen LogP contribution in [-0.4, -0.2) is 52.8 Å². The molecule has 0 aromatic carbocycles. The predicted molar refractivity (Wildman–Crippen MR) is 92.1 cm³/mol. The second-order valence-electron chi connectivity index (χ2n) is 8.03. The van der Waals surface area contributed by atoms with E-state index < -0.39 is 41.2 Å². The Labute approximate surface area is 153 Å². The van der Waals surface area contributed by atoms with Crippen LogP contribution < -0.4 is 0 Å². The standard InChI is InChI=1S/C17H28ClNO6/c1-16(2,3)24-14(21)12-8-7-11(13(20)23-10-18)9-19(12)15(22)25-17(4,5)6/h11-12H,7-10H2,1-6H3. The fourth-order valence-corrected chi connectivity index (χ4v) is 2.58. The Morgan fingerprint density at radius 2 is 1.52 bits per heavy atom. The van der Waals surface area contributed by atoms with Gasteiger partial charge in [-0.2, -0.15) is 0 Å². The molecule has 0 N–H and O–H groups in total. The molecule has 0 aromatic rings. The Morgan fingerprint density at radius 3 is 2.00 bits per heavy atom. The largest absolute Gasteiger partial charge is 0.458 e. The van der Waals surface area contributed by atoms with Gasteiger partial charge in [0.1, 0.15) is 17.2 Å². The van der Waals surface area contributed by atoms with Gasteiger partial charge < -0.3 is 14.2 Å². The number of amides is 1. The fourth-order valence-electron chi connectivity index (χ4n) is 2.47. The van der Waals surface area contributed by atoms with Gasteiger partial charge in [-0.1, -0.05) is 11.6 Å². The van der Waals surface area contributed by atoms with Crippen LogP contribution in [0, 0.1) is 5.92 Å². The summed E-state index contributed by atoms with van der Waals surface area (Å²) >= 11 is 5.43. The van der Waals surface area contributed by atoms with Crippen molar-refractivity contribution in [3.63, 3.8) is 0 Å². The minimum Gasteiger partial charge on any atom is -0.458 e. The van der Waals surface area contributed by atoms with Gasteiger partial charge in [0.15, 0.2) is 6.07 Å². The van der Waals surface area contributed by atoms with E-state index in [1.165, 1.54) is 4.90 Å². The van der Waals surface area contributed by atoms with Gasteiger partial charge in [0, 0.05) is 6.54 Å². The number of carbonyl (C=O) groups excluding carboxylic acids is 3. The molecule has 8 heteroatoms. The average molecular weight is 378 g/mol. The van der Waals surface area contributed by atoms with Gasteiger partial charge >= 0.3 is 18.0 Å². The molecular formula is C17H28ClNO6. The number of ether oxygens (including phenoxy) is 3. The van der Waals surface area contributed by atoms with Gasteiger partial charge in [-0.25, -0.2) is 9.59 Å². The van der Waals surface area contributed by atoms with Gasteiger partial charge in [0.05, 0.1) is 5.92 Å². The molecule has 0 aliphatic carbocycles. The van der Waals surface area contributed by atoms with E-state index in [2.05, 4.69) is 0 Å². The van der Waals surface area contributed by atoms with Crippen LogP contribution in [0.3, 0.4) is 0 Å². The van der Waals surface area contributed by atoms with Crippen LogP contribution >= 0.6 is 11.6 Å². The maximum Gasteiger partial charge on any atom is 0.411 e. The maximum atomic E-state index is 12.5. The molecule has 144 valence electrons. The molecule has 0 spiro atoms. The lowest BCUT2D eigenvalue weighted by Gasteiger charge is -2.38. The third-order valence-electron chi connectivity index (χ3n) is 3.42. The van der Waals surface area contributed by atoms with E-state index in [1.807, 2.05) is 0 Å². The van der Waals surface area contributed by atoms with E-state index in [-0.39, 0.29) is 19.0 Å². The summed E-state index contributed by atoms with van der Waals surface area (Å²) < 4.78 is 15.6. The highest BCUT2D eigenvalue weighted by Crippen LogP contribution is 2.27. The summed E-state index contributed by atoms with van der Waals surface area (Å²) in [6, 6.07) is -1.05. The highest BCUT2D eigenvalue weighted by molar-refractivity contribution is 6.17. The van der Waals surface area contributed by atoms with E-state index in [4.69, 9.17) is 25.8 Å². The average Bonchev–Trinajstić information content (AvgIpc) is 2.43. The Morgan fingerprint density at radius 1 is 0.960 bits per heavy atom. The SMILES string of the molecule is CC(C)(C)OC(=O)C1CCC(C(=O)OCCl)CN1C(=O)OC(C)(C)C. The fraction of sp³-hybridized carbons (Fsp3) is 0.824. The number of esters is 2. The highest BCUT2D eigenvalue weighted by atomic mass is 35.5. The van der Waals surface area contributed by atoms with E-state index in [0.29, 0.717) is 6.42 Å². The summed E-state index contributed by atoms with van der Waals surface area (Å²) in [6.45, 7) is 10.5. The molecule has 7 nitrogen and oxygen atoms in total. The molecule has 0 bridgehead atoms. The number of nitrogens with zero attached hydrogens (tertiary/aromatic N) is 1. The lowest BCUT2D eigenvalue weighted by Crippen LogP contribution is -2.54. The zero-order valence-corrected chi connectivity index (χ0v) is 16.5. The molecule has 1 heterocycles. The number of rotatable bonds is 3. The summed E-state index contributed by atoms with van der Waals surface area (Å²) in [7, 11) is 0. The number of alkyl halides is 1. The molecule has 2 unspecified atom stereocenters. The smallest absolute Gasteiger partial charge is 0.411 e. The van der Waals surface area contributed by atoms with Crippen molar-refractivity contribution in [2.24, 2.45) is 5.92 Å². The van der Waals surface area contributed by atoms with Crippen LogP contribution in [0.5, 0.6) is 0 Å². The van der Waals surface area contributed by atoms with Crippen molar-refractivity contribution < 1.29 is 28.6 Å². The Bertz CT molecular complexity index is 508. The summed E-state index contributed by atoms with van der Waals surface area (Å²) in [5, 5.41) is 0. The molecule has 0 saturated carbocycles. The zero-order chi connectivity index (χ0) is 19.4. The van der Waals surface area contributed by atoms with Gasteiger partial charge in [-0.05, 0) is 54.4 Å². The van der Waals surface area contributed by atoms with E-state index in [1.54, 1.807) is 41.5 Å². The van der Waals surface area contributed by atoms with Crippen LogP contribution in [0.4, 0.5) is 4.79 Å². The first-order valence-corrected chi connectivity index (χ1v) is 8.82. The zero-order valence-electron chi connectivity index (χ0n) is 15.8. The first-order chi connectivity index (χ1) is 11.3. The quantitative estimate of drug-likeness (QED) is 0.427. The molecule has 1 aliphatic heterocycles. The Kier molecular flexibility index (Phi) is 7.11. The summed E-state index contributed by atoms with van der Waals surface area (Å²) in [4.78, 5) is 38.2. The summed E-state index contributed by atoms with van der Waals surface area (Å²) in [6.07, 6.45) is 0.0292. The normalized spacial score (nSPS) is 21.5. The Balaban J connectivity index is 2.96. The maximum absolute atomic E-state index is 12.5. The second-order valence-corrected chi connectivity index (χ2v) is 8.25. The molecule has 1 aliphatic rings. The van der Waals surface area contributed by atoms with Crippen molar-refractivity contribution in [1.82, 2.24) is 4.90 Å². The van der Waals surface area contributed by atoms with Crippen LogP contribution in [0.15, 0.2) is 0 Å². The minimum absolute atomic E-state index is 0.0224. The molecular weight excluding hydrogens is 350 g/mol. The molecule has 0 radical (unpaired) electrons. The minimum atomic E-state index is -0.797. The van der Waals surface area contributed by atoms with Gasteiger partial charge in [-0.15, -0.1) is 0 Å². The van der Waals surface area contributed by atoms with E-state index in [9.17, 15) is 14.4 Å². The molecule has 25 heavy (non-hydrogen) atoms. The molecule has 1 saturated heterocycles. The van der Waals surface area contributed by atoms with Crippen LogP contribution in [0.2, 0.25) is 0 Å². The van der Waals surface area contributed by atoms with Crippen molar-refractivity contribution in [2.45, 2.75) is 71.6 Å². The molecule has 1 rings (SSSR count). The summed E-state index contributed by atoms with van der Waals surface area (Å²) in [5.41, 5.74) is -1.40. The van der Waals surface area contributed by atoms with Crippen LogP contribution in [-0.2, 0) is 23.8 Å². The van der Waals surface area contributed by atoms with Crippen molar-refractivity contribution in [3.05, 3.63) is 0 Å². The topological polar surface area (TPSA) is 82.1 Å². The summed E-state index contributed by atoms with van der Waals surface area (Å²) in [5.74, 6) is -1.56. The molecule has 0 aromatic heterocycles. The van der Waals surface area contributed by atoms with Gasteiger partial charge in [-0.3, -0.25) is 9.69 Å². The van der Waals surface area contributed by atoms with E-state index in [0.717, 1.165) is 0 Å².